The molecule has 124 valence electrons. The van der Waals surface area contributed by atoms with Crippen molar-refractivity contribution in [2.75, 3.05) is 6.54 Å². The molecular weight excluding hydrogens is 292 g/mol. The number of carbonyl (C=O) groups is 2. The van der Waals surface area contributed by atoms with Gasteiger partial charge in [-0.3, -0.25) is 4.79 Å². The van der Waals surface area contributed by atoms with Gasteiger partial charge in [0.15, 0.2) is 0 Å². The Labute approximate surface area is 137 Å². The SMILES string of the molecule is CC1CCC(C(=O)NC2CC2)CN1C(=O)OCc1ccccc1. The van der Waals surface area contributed by atoms with Gasteiger partial charge >= 0.3 is 6.09 Å². The van der Waals surface area contributed by atoms with Crippen LogP contribution in [0.15, 0.2) is 30.3 Å². The Balaban J connectivity index is 1.53. The van der Waals surface area contributed by atoms with E-state index in [1.54, 1.807) is 4.90 Å². The number of nitrogens with zero attached hydrogens (tertiary/aromatic N) is 1. The minimum Gasteiger partial charge on any atom is -0.445 e. The number of rotatable bonds is 4. The molecule has 5 heteroatoms. The average molecular weight is 316 g/mol. The molecule has 1 saturated carbocycles. The molecule has 0 bridgehead atoms. The number of benzene rings is 1. The summed E-state index contributed by atoms with van der Waals surface area (Å²) in [5.74, 6) is -0.0312. The van der Waals surface area contributed by atoms with E-state index in [9.17, 15) is 9.59 Å². The zero-order valence-corrected chi connectivity index (χ0v) is 13.5. The third-order valence-corrected chi connectivity index (χ3v) is 4.62. The fraction of sp³-hybridized carbons (Fsp3) is 0.556. The van der Waals surface area contributed by atoms with E-state index in [2.05, 4.69) is 5.32 Å². The lowest BCUT2D eigenvalue weighted by Gasteiger charge is -2.36. The van der Waals surface area contributed by atoms with E-state index in [1.165, 1.54) is 0 Å². The van der Waals surface area contributed by atoms with E-state index >= 15 is 0 Å². The highest BCUT2D eigenvalue weighted by Crippen LogP contribution is 2.25. The third-order valence-electron chi connectivity index (χ3n) is 4.62. The van der Waals surface area contributed by atoms with Crippen LogP contribution in [0.3, 0.4) is 0 Å². The van der Waals surface area contributed by atoms with E-state index in [0.29, 0.717) is 12.6 Å². The van der Waals surface area contributed by atoms with Gasteiger partial charge in [-0.25, -0.2) is 4.79 Å². The summed E-state index contributed by atoms with van der Waals surface area (Å²) in [4.78, 5) is 26.3. The van der Waals surface area contributed by atoms with Crippen molar-refractivity contribution in [3.8, 4) is 0 Å². The second kappa shape index (κ2) is 7.02. The van der Waals surface area contributed by atoms with Crippen molar-refractivity contribution in [1.82, 2.24) is 10.2 Å². The second-order valence-corrected chi connectivity index (χ2v) is 6.60. The summed E-state index contributed by atoms with van der Waals surface area (Å²) in [7, 11) is 0. The first-order valence-corrected chi connectivity index (χ1v) is 8.41. The molecular formula is C18H24N2O3. The van der Waals surface area contributed by atoms with Crippen molar-refractivity contribution in [2.24, 2.45) is 5.92 Å². The molecule has 2 atom stereocenters. The Kier molecular flexibility index (Phi) is 4.84. The molecule has 1 aliphatic carbocycles. The van der Waals surface area contributed by atoms with E-state index < -0.39 is 0 Å². The maximum atomic E-state index is 12.4. The molecule has 2 amide bonds. The van der Waals surface area contributed by atoms with Gasteiger partial charge in [0, 0.05) is 18.6 Å². The summed E-state index contributed by atoms with van der Waals surface area (Å²) < 4.78 is 5.41. The molecule has 0 spiro atoms. The van der Waals surface area contributed by atoms with Crippen LogP contribution in [-0.4, -0.2) is 35.5 Å². The molecule has 23 heavy (non-hydrogen) atoms. The Morgan fingerprint density at radius 1 is 1.17 bits per heavy atom. The minimum atomic E-state index is -0.328. The first kappa shape index (κ1) is 15.8. The van der Waals surface area contributed by atoms with Crippen LogP contribution >= 0.6 is 0 Å². The molecule has 3 rings (SSSR count). The van der Waals surface area contributed by atoms with E-state index in [-0.39, 0.29) is 30.6 Å². The summed E-state index contributed by atoms with van der Waals surface area (Å²) in [6, 6.07) is 10.1. The minimum absolute atomic E-state index is 0.0836. The number of ether oxygens (including phenoxy) is 1. The van der Waals surface area contributed by atoms with Crippen LogP contribution in [0.4, 0.5) is 4.79 Å². The van der Waals surface area contributed by atoms with Crippen molar-refractivity contribution >= 4 is 12.0 Å². The van der Waals surface area contributed by atoms with Crippen molar-refractivity contribution in [1.29, 1.82) is 0 Å². The Hall–Kier alpha value is -2.04. The summed E-state index contributed by atoms with van der Waals surface area (Å²) in [5.41, 5.74) is 0.966. The van der Waals surface area contributed by atoms with Gasteiger partial charge < -0.3 is 15.0 Å². The highest BCUT2D eigenvalue weighted by atomic mass is 16.6. The third kappa shape index (κ3) is 4.24. The van der Waals surface area contributed by atoms with Gasteiger partial charge in [-0.15, -0.1) is 0 Å². The molecule has 1 aromatic carbocycles. The van der Waals surface area contributed by atoms with Crippen LogP contribution in [0.25, 0.3) is 0 Å². The van der Waals surface area contributed by atoms with Crippen molar-refractivity contribution < 1.29 is 14.3 Å². The molecule has 1 saturated heterocycles. The smallest absolute Gasteiger partial charge is 0.410 e. The quantitative estimate of drug-likeness (QED) is 0.929. The first-order valence-electron chi connectivity index (χ1n) is 8.41. The zero-order valence-electron chi connectivity index (χ0n) is 13.5. The van der Waals surface area contributed by atoms with Gasteiger partial charge in [-0.1, -0.05) is 30.3 Å². The predicted molar refractivity (Wildman–Crippen MR) is 86.7 cm³/mol. The lowest BCUT2D eigenvalue weighted by molar-refractivity contribution is -0.127. The fourth-order valence-corrected chi connectivity index (χ4v) is 2.92. The summed E-state index contributed by atoms with van der Waals surface area (Å²) in [6.07, 6.45) is 3.51. The maximum absolute atomic E-state index is 12.4. The van der Waals surface area contributed by atoms with Crippen LogP contribution in [0.1, 0.15) is 38.2 Å². The van der Waals surface area contributed by atoms with Crippen LogP contribution < -0.4 is 5.32 Å². The van der Waals surface area contributed by atoms with Crippen LogP contribution in [-0.2, 0) is 16.1 Å². The van der Waals surface area contributed by atoms with Crippen LogP contribution in [0, 0.1) is 5.92 Å². The molecule has 1 aliphatic heterocycles. The summed E-state index contributed by atoms with van der Waals surface area (Å²) in [5, 5.41) is 3.04. The van der Waals surface area contributed by atoms with E-state index in [0.717, 1.165) is 31.2 Å². The normalized spacial score (nSPS) is 24.1. The topological polar surface area (TPSA) is 58.6 Å². The molecule has 2 aliphatic rings. The Bertz CT molecular complexity index is 557. The molecule has 1 N–H and O–H groups in total. The second-order valence-electron chi connectivity index (χ2n) is 6.60. The number of piperidine rings is 1. The van der Waals surface area contributed by atoms with Crippen molar-refractivity contribution in [2.45, 2.75) is 51.3 Å². The molecule has 0 radical (unpaired) electrons. The van der Waals surface area contributed by atoms with Crippen LogP contribution in [0.2, 0.25) is 0 Å². The van der Waals surface area contributed by atoms with Crippen molar-refractivity contribution in [3.63, 3.8) is 0 Å². The molecule has 5 nitrogen and oxygen atoms in total. The summed E-state index contributed by atoms with van der Waals surface area (Å²) >= 11 is 0. The van der Waals surface area contributed by atoms with Gasteiger partial charge in [0.25, 0.3) is 0 Å². The Morgan fingerprint density at radius 3 is 2.61 bits per heavy atom. The largest absolute Gasteiger partial charge is 0.445 e. The van der Waals surface area contributed by atoms with Gasteiger partial charge in [0.1, 0.15) is 6.61 Å². The number of hydrogen-bond acceptors (Lipinski definition) is 3. The maximum Gasteiger partial charge on any atom is 0.410 e. The fourth-order valence-electron chi connectivity index (χ4n) is 2.92. The van der Waals surface area contributed by atoms with E-state index in [4.69, 9.17) is 4.74 Å². The van der Waals surface area contributed by atoms with Crippen molar-refractivity contribution in [3.05, 3.63) is 35.9 Å². The zero-order chi connectivity index (χ0) is 16.2. The lowest BCUT2D eigenvalue weighted by atomic mass is 9.93. The lowest BCUT2D eigenvalue weighted by Crippen LogP contribution is -2.49. The van der Waals surface area contributed by atoms with Gasteiger partial charge in [-0.2, -0.15) is 0 Å². The van der Waals surface area contributed by atoms with Gasteiger partial charge in [0.05, 0.1) is 5.92 Å². The number of carbonyl (C=O) groups excluding carboxylic acids is 2. The Morgan fingerprint density at radius 2 is 1.91 bits per heavy atom. The number of likely N-dealkylation sites (tertiary alicyclic amines) is 1. The highest BCUT2D eigenvalue weighted by molar-refractivity contribution is 5.80. The number of amides is 2. The van der Waals surface area contributed by atoms with Gasteiger partial charge in [0.2, 0.25) is 5.91 Å². The number of hydrogen-bond donors (Lipinski definition) is 1. The first-order chi connectivity index (χ1) is 11.1. The highest BCUT2D eigenvalue weighted by Gasteiger charge is 2.35. The van der Waals surface area contributed by atoms with Gasteiger partial charge in [-0.05, 0) is 38.2 Å². The average Bonchev–Trinajstić information content (AvgIpc) is 3.38. The number of nitrogens with one attached hydrogen (secondary N) is 1. The monoisotopic (exact) mass is 316 g/mol. The predicted octanol–water partition coefficient (Wildman–Crippen LogP) is 2.70. The molecule has 2 fully saturated rings. The van der Waals surface area contributed by atoms with E-state index in [1.807, 2.05) is 37.3 Å². The standard InChI is InChI=1S/C18H24N2O3/c1-13-7-8-15(17(21)19-16-9-10-16)11-20(13)18(22)23-12-14-5-3-2-4-6-14/h2-6,13,15-16H,7-12H2,1H3,(H,19,21). The molecule has 2 unspecified atom stereocenters. The molecule has 1 heterocycles. The molecule has 0 aromatic heterocycles. The van der Waals surface area contributed by atoms with Crippen LogP contribution in [0.5, 0.6) is 0 Å². The summed E-state index contributed by atoms with van der Waals surface area (Å²) in [6.45, 7) is 2.73. The molecule has 1 aromatic rings.